The standard InChI is InChI=1S/C21H31N3O3/c1-15(2)16(3)23-21(27)18-9-11-24(12-10-18)20(26)14-22-19(25)13-17-7-5-4-6-8-17/h4-8,15-16,18H,9-14H2,1-3H3,(H,22,25)(H,23,27). The number of carbonyl (C=O) groups is 3. The molecule has 2 rings (SSSR count). The zero-order chi connectivity index (χ0) is 19.8. The number of hydrogen-bond donors (Lipinski definition) is 2. The van der Waals surface area contributed by atoms with Crippen LogP contribution in [0.25, 0.3) is 0 Å². The Kier molecular flexibility index (Phi) is 7.82. The highest BCUT2D eigenvalue weighted by Gasteiger charge is 2.28. The van der Waals surface area contributed by atoms with Gasteiger partial charge in [0.1, 0.15) is 0 Å². The molecule has 2 N–H and O–H groups in total. The second-order valence-electron chi connectivity index (χ2n) is 7.64. The summed E-state index contributed by atoms with van der Waals surface area (Å²) in [7, 11) is 0. The van der Waals surface area contributed by atoms with Crippen molar-refractivity contribution in [3.8, 4) is 0 Å². The molecule has 1 fully saturated rings. The molecule has 1 aromatic carbocycles. The maximum Gasteiger partial charge on any atom is 0.241 e. The van der Waals surface area contributed by atoms with E-state index >= 15 is 0 Å². The fraction of sp³-hybridized carbons (Fsp3) is 0.571. The zero-order valence-corrected chi connectivity index (χ0v) is 16.5. The summed E-state index contributed by atoms with van der Waals surface area (Å²) >= 11 is 0. The summed E-state index contributed by atoms with van der Waals surface area (Å²) in [6.45, 7) is 7.30. The molecule has 0 spiro atoms. The molecular weight excluding hydrogens is 342 g/mol. The van der Waals surface area contributed by atoms with Gasteiger partial charge in [0.15, 0.2) is 0 Å². The highest BCUT2D eigenvalue weighted by molar-refractivity contribution is 5.86. The van der Waals surface area contributed by atoms with Crippen molar-refractivity contribution in [1.29, 1.82) is 0 Å². The van der Waals surface area contributed by atoms with Crippen molar-refractivity contribution < 1.29 is 14.4 Å². The Labute approximate surface area is 161 Å². The molecule has 0 radical (unpaired) electrons. The Bertz CT molecular complexity index is 637. The third-order valence-corrected chi connectivity index (χ3v) is 5.23. The number of benzene rings is 1. The minimum absolute atomic E-state index is 0.00686. The van der Waals surface area contributed by atoms with Crippen LogP contribution in [0.1, 0.15) is 39.2 Å². The lowest BCUT2D eigenvalue weighted by atomic mass is 9.94. The molecule has 1 atom stereocenters. The van der Waals surface area contributed by atoms with Crippen molar-refractivity contribution in [3.05, 3.63) is 35.9 Å². The third kappa shape index (κ3) is 6.70. The molecular formula is C21H31N3O3. The van der Waals surface area contributed by atoms with Gasteiger partial charge < -0.3 is 15.5 Å². The third-order valence-electron chi connectivity index (χ3n) is 5.23. The van der Waals surface area contributed by atoms with E-state index in [1.165, 1.54) is 0 Å². The first-order valence-corrected chi connectivity index (χ1v) is 9.75. The molecule has 6 nitrogen and oxygen atoms in total. The number of piperidine rings is 1. The van der Waals surface area contributed by atoms with Gasteiger partial charge in [-0.15, -0.1) is 0 Å². The number of nitrogens with zero attached hydrogens (tertiary/aromatic N) is 1. The smallest absolute Gasteiger partial charge is 0.241 e. The van der Waals surface area contributed by atoms with E-state index in [4.69, 9.17) is 0 Å². The molecule has 0 aromatic heterocycles. The Morgan fingerprint density at radius 3 is 2.30 bits per heavy atom. The Morgan fingerprint density at radius 1 is 1.07 bits per heavy atom. The van der Waals surface area contributed by atoms with E-state index in [0.29, 0.717) is 31.8 Å². The zero-order valence-electron chi connectivity index (χ0n) is 16.5. The van der Waals surface area contributed by atoms with E-state index in [2.05, 4.69) is 24.5 Å². The van der Waals surface area contributed by atoms with Gasteiger partial charge in [0.25, 0.3) is 0 Å². The van der Waals surface area contributed by atoms with E-state index < -0.39 is 0 Å². The average Bonchev–Trinajstić information content (AvgIpc) is 2.66. The number of rotatable bonds is 7. The summed E-state index contributed by atoms with van der Waals surface area (Å²) in [6, 6.07) is 9.59. The molecule has 3 amide bonds. The fourth-order valence-electron chi connectivity index (χ4n) is 3.03. The van der Waals surface area contributed by atoms with Crippen molar-refractivity contribution in [2.24, 2.45) is 11.8 Å². The molecule has 1 unspecified atom stereocenters. The summed E-state index contributed by atoms with van der Waals surface area (Å²) in [5, 5.41) is 5.75. The van der Waals surface area contributed by atoms with Crippen LogP contribution in [0.5, 0.6) is 0 Å². The van der Waals surface area contributed by atoms with Gasteiger partial charge in [-0.1, -0.05) is 44.2 Å². The van der Waals surface area contributed by atoms with Gasteiger partial charge in [-0.3, -0.25) is 14.4 Å². The van der Waals surface area contributed by atoms with Crippen LogP contribution in [0.3, 0.4) is 0 Å². The van der Waals surface area contributed by atoms with E-state index in [1.807, 2.05) is 37.3 Å². The number of nitrogens with one attached hydrogen (secondary N) is 2. The second kappa shape index (κ2) is 10.1. The number of amides is 3. The summed E-state index contributed by atoms with van der Waals surface area (Å²) in [5.41, 5.74) is 0.921. The second-order valence-corrected chi connectivity index (χ2v) is 7.64. The Morgan fingerprint density at radius 2 is 1.70 bits per heavy atom. The van der Waals surface area contributed by atoms with Crippen LogP contribution in [0.4, 0.5) is 0 Å². The first-order valence-electron chi connectivity index (χ1n) is 9.75. The summed E-state index contributed by atoms with van der Waals surface area (Å²) < 4.78 is 0. The Balaban J connectivity index is 1.70. The van der Waals surface area contributed by atoms with Gasteiger partial charge >= 0.3 is 0 Å². The molecule has 27 heavy (non-hydrogen) atoms. The lowest BCUT2D eigenvalue weighted by Gasteiger charge is -2.32. The molecule has 148 valence electrons. The predicted octanol–water partition coefficient (Wildman–Crippen LogP) is 1.74. The summed E-state index contributed by atoms with van der Waals surface area (Å²) in [6.07, 6.45) is 1.60. The Hall–Kier alpha value is -2.37. The van der Waals surface area contributed by atoms with Crippen LogP contribution in [0.15, 0.2) is 30.3 Å². The lowest BCUT2D eigenvalue weighted by Crippen LogP contribution is -2.48. The maximum atomic E-state index is 12.3. The quantitative estimate of drug-likeness (QED) is 0.764. The van der Waals surface area contributed by atoms with E-state index in [9.17, 15) is 14.4 Å². The van der Waals surface area contributed by atoms with Gasteiger partial charge in [0, 0.05) is 25.0 Å². The SMILES string of the molecule is CC(C)C(C)NC(=O)C1CCN(C(=O)CNC(=O)Cc2ccccc2)CC1. The fourth-order valence-corrected chi connectivity index (χ4v) is 3.03. The van der Waals surface area contributed by atoms with Gasteiger partial charge in [0.2, 0.25) is 17.7 Å². The maximum absolute atomic E-state index is 12.3. The molecule has 1 aliphatic heterocycles. The first kappa shape index (κ1) is 20.9. The molecule has 0 aliphatic carbocycles. The summed E-state index contributed by atoms with van der Waals surface area (Å²) in [4.78, 5) is 38.3. The average molecular weight is 373 g/mol. The molecule has 1 heterocycles. The van der Waals surface area contributed by atoms with Crippen LogP contribution >= 0.6 is 0 Å². The van der Waals surface area contributed by atoms with Crippen molar-refractivity contribution >= 4 is 17.7 Å². The van der Waals surface area contributed by atoms with Gasteiger partial charge in [0.05, 0.1) is 13.0 Å². The largest absolute Gasteiger partial charge is 0.353 e. The van der Waals surface area contributed by atoms with Gasteiger partial charge in [-0.05, 0) is 31.2 Å². The monoisotopic (exact) mass is 373 g/mol. The number of carbonyl (C=O) groups excluding carboxylic acids is 3. The highest BCUT2D eigenvalue weighted by atomic mass is 16.2. The minimum Gasteiger partial charge on any atom is -0.353 e. The normalized spacial score (nSPS) is 16.1. The highest BCUT2D eigenvalue weighted by Crippen LogP contribution is 2.18. The molecule has 0 saturated carbocycles. The lowest BCUT2D eigenvalue weighted by molar-refractivity contribution is -0.136. The molecule has 1 aliphatic rings. The van der Waals surface area contributed by atoms with E-state index in [1.54, 1.807) is 4.90 Å². The molecule has 0 bridgehead atoms. The topological polar surface area (TPSA) is 78.5 Å². The number of likely N-dealkylation sites (tertiary alicyclic amines) is 1. The van der Waals surface area contributed by atoms with Crippen LogP contribution in [-0.2, 0) is 20.8 Å². The molecule has 1 saturated heterocycles. The van der Waals surface area contributed by atoms with E-state index in [0.717, 1.165) is 5.56 Å². The molecule has 6 heteroatoms. The summed E-state index contributed by atoms with van der Waals surface area (Å²) in [5.74, 6) is 0.190. The van der Waals surface area contributed by atoms with Crippen LogP contribution in [0.2, 0.25) is 0 Å². The first-order chi connectivity index (χ1) is 12.9. The van der Waals surface area contributed by atoms with Crippen molar-refractivity contribution in [2.75, 3.05) is 19.6 Å². The van der Waals surface area contributed by atoms with Gasteiger partial charge in [-0.25, -0.2) is 0 Å². The van der Waals surface area contributed by atoms with E-state index in [-0.39, 0.29) is 42.6 Å². The van der Waals surface area contributed by atoms with Crippen molar-refractivity contribution in [3.63, 3.8) is 0 Å². The van der Waals surface area contributed by atoms with Crippen molar-refractivity contribution in [1.82, 2.24) is 15.5 Å². The minimum atomic E-state index is -0.161. The van der Waals surface area contributed by atoms with Crippen LogP contribution < -0.4 is 10.6 Å². The predicted molar refractivity (Wildman–Crippen MR) is 105 cm³/mol. The molecule has 1 aromatic rings. The van der Waals surface area contributed by atoms with Crippen LogP contribution in [0, 0.1) is 11.8 Å². The van der Waals surface area contributed by atoms with Crippen molar-refractivity contribution in [2.45, 2.75) is 46.1 Å². The van der Waals surface area contributed by atoms with Gasteiger partial charge in [-0.2, -0.15) is 0 Å². The van der Waals surface area contributed by atoms with Crippen LogP contribution in [-0.4, -0.2) is 48.3 Å². The number of hydrogen-bond acceptors (Lipinski definition) is 3.